The fourth-order valence-corrected chi connectivity index (χ4v) is 2.16. The second-order valence-corrected chi connectivity index (χ2v) is 4.87. The molecule has 0 aliphatic rings. The number of methoxy groups -OCH3 is 2. The Morgan fingerprint density at radius 2 is 1.70 bits per heavy atom. The van der Waals surface area contributed by atoms with Crippen molar-refractivity contribution in [3.63, 3.8) is 0 Å². The van der Waals surface area contributed by atoms with Crippen LogP contribution in [0.2, 0.25) is 0 Å². The van der Waals surface area contributed by atoms with Gasteiger partial charge in [0.2, 0.25) is 5.91 Å². The molecule has 1 amide bonds. The van der Waals surface area contributed by atoms with Gasteiger partial charge in [0.15, 0.2) is 0 Å². The summed E-state index contributed by atoms with van der Waals surface area (Å²) in [7, 11) is 3.14. The zero-order chi connectivity index (χ0) is 16.7. The first kappa shape index (κ1) is 16.7. The molecule has 0 fully saturated rings. The zero-order valence-electron chi connectivity index (χ0n) is 13.6. The van der Waals surface area contributed by atoms with Crippen LogP contribution in [0.5, 0.6) is 17.2 Å². The van der Waals surface area contributed by atoms with Gasteiger partial charge in [0.1, 0.15) is 17.2 Å². The molecule has 0 atom stereocenters. The quantitative estimate of drug-likeness (QED) is 0.852. The Morgan fingerprint density at radius 1 is 1.00 bits per heavy atom. The number of anilines is 1. The maximum absolute atomic E-state index is 12.2. The molecule has 0 aliphatic heterocycles. The summed E-state index contributed by atoms with van der Waals surface area (Å²) in [6.07, 6.45) is 0.271. The molecule has 0 heterocycles. The van der Waals surface area contributed by atoms with E-state index in [-0.39, 0.29) is 12.3 Å². The lowest BCUT2D eigenvalue weighted by molar-refractivity contribution is -0.115. The Balaban J connectivity index is 2.04. The number of hydrogen-bond acceptors (Lipinski definition) is 4. The zero-order valence-corrected chi connectivity index (χ0v) is 13.6. The smallest absolute Gasteiger partial charge is 0.228 e. The van der Waals surface area contributed by atoms with Crippen LogP contribution in [0, 0.1) is 0 Å². The standard InChI is InChI=1S/C18H21NO4/c1-4-23-14-7-5-13(6-8-14)11-18(20)19-16-12-15(21-2)9-10-17(16)22-3/h5-10,12H,4,11H2,1-3H3,(H,19,20). The summed E-state index contributed by atoms with van der Waals surface area (Å²) < 4.78 is 15.8. The van der Waals surface area contributed by atoms with Gasteiger partial charge in [0.05, 0.1) is 32.9 Å². The number of carbonyl (C=O) groups is 1. The van der Waals surface area contributed by atoms with Crippen molar-refractivity contribution in [2.24, 2.45) is 0 Å². The Hall–Kier alpha value is -2.69. The largest absolute Gasteiger partial charge is 0.497 e. The van der Waals surface area contributed by atoms with Gasteiger partial charge in [0, 0.05) is 6.07 Å². The third-order valence-electron chi connectivity index (χ3n) is 3.28. The van der Waals surface area contributed by atoms with Crippen LogP contribution in [0.25, 0.3) is 0 Å². The third kappa shape index (κ3) is 4.64. The number of benzene rings is 2. The maximum atomic E-state index is 12.2. The van der Waals surface area contributed by atoms with Gasteiger partial charge in [-0.1, -0.05) is 12.1 Å². The third-order valence-corrected chi connectivity index (χ3v) is 3.28. The molecule has 122 valence electrons. The van der Waals surface area contributed by atoms with E-state index in [0.717, 1.165) is 11.3 Å². The minimum absolute atomic E-state index is 0.124. The molecule has 2 aromatic rings. The lowest BCUT2D eigenvalue weighted by atomic mass is 10.1. The van der Waals surface area contributed by atoms with E-state index in [4.69, 9.17) is 14.2 Å². The van der Waals surface area contributed by atoms with Gasteiger partial charge in [-0.05, 0) is 36.8 Å². The van der Waals surface area contributed by atoms with E-state index in [9.17, 15) is 4.79 Å². The summed E-state index contributed by atoms with van der Waals surface area (Å²) in [6, 6.07) is 12.7. The molecular weight excluding hydrogens is 294 g/mol. The van der Waals surface area contributed by atoms with Crippen molar-refractivity contribution in [3.05, 3.63) is 48.0 Å². The van der Waals surface area contributed by atoms with Crippen LogP contribution in [-0.4, -0.2) is 26.7 Å². The molecule has 5 heteroatoms. The first-order chi connectivity index (χ1) is 11.2. The number of carbonyl (C=O) groups excluding carboxylic acids is 1. The van der Waals surface area contributed by atoms with Crippen molar-refractivity contribution in [1.82, 2.24) is 0 Å². The second kappa shape index (κ2) is 8.08. The van der Waals surface area contributed by atoms with Crippen molar-refractivity contribution in [2.75, 3.05) is 26.1 Å². The van der Waals surface area contributed by atoms with E-state index in [1.165, 1.54) is 0 Å². The Morgan fingerprint density at radius 3 is 2.30 bits per heavy atom. The second-order valence-electron chi connectivity index (χ2n) is 4.87. The van der Waals surface area contributed by atoms with E-state index in [2.05, 4.69) is 5.32 Å². The topological polar surface area (TPSA) is 56.8 Å². The molecule has 0 spiro atoms. The SMILES string of the molecule is CCOc1ccc(CC(=O)Nc2cc(OC)ccc2OC)cc1. The fourth-order valence-electron chi connectivity index (χ4n) is 2.16. The lowest BCUT2D eigenvalue weighted by Crippen LogP contribution is -2.15. The molecule has 0 saturated heterocycles. The van der Waals surface area contributed by atoms with Crippen molar-refractivity contribution >= 4 is 11.6 Å². The molecule has 0 aliphatic carbocycles. The first-order valence-electron chi connectivity index (χ1n) is 7.40. The summed E-state index contributed by atoms with van der Waals surface area (Å²) in [5.41, 5.74) is 1.50. The van der Waals surface area contributed by atoms with Gasteiger partial charge in [-0.25, -0.2) is 0 Å². The molecule has 0 saturated carbocycles. The van der Waals surface area contributed by atoms with Gasteiger partial charge in [-0.2, -0.15) is 0 Å². The van der Waals surface area contributed by atoms with E-state index in [1.54, 1.807) is 32.4 Å². The molecule has 0 radical (unpaired) electrons. The summed E-state index contributed by atoms with van der Waals surface area (Å²) in [5.74, 6) is 1.92. The van der Waals surface area contributed by atoms with Crippen molar-refractivity contribution in [2.45, 2.75) is 13.3 Å². The fraction of sp³-hybridized carbons (Fsp3) is 0.278. The van der Waals surface area contributed by atoms with Crippen LogP contribution in [0.4, 0.5) is 5.69 Å². The van der Waals surface area contributed by atoms with Gasteiger partial charge in [-0.15, -0.1) is 0 Å². The van der Waals surface area contributed by atoms with Crippen LogP contribution in [0.3, 0.4) is 0 Å². The van der Waals surface area contributed by atoms with Crippen molar-refractivity contribution in [1.29, 1.82) is 0 Å². The molecule has 1 N–H and O–H groups in total. The number of rotatable bonds is 7. The first-order valence-corrected chi connectivity index (χ1v) is 7.40. The van der Waals surface area contributed by atoms with Gasteiger partial charge in [0.25, 0.3) is 0 Å². The minimum atomic E-state index is -0.124. The molecule has 2 aromatic carbocycles. The highest BCUT2D eigenvalue weighted by Crippen LogP contribution is 2.29. The molecule has 0 aromatic heterocycles. The van der Waals surface area contributed by atoms with Crippen molar-refractivity contribution < 1.29 is 19.0 Å². The molecular formula is C18H21NO4. The molecule has 0 bridgehead atoms. The average Bonchev–Trinajstić information content (AvgIpc) is 2.56. The maximum Gasteiger partial charge on any atom is 0.228 e. The highest BCUT2D eigenvalue weighted by molar-refractivity contribution is 5.94. The predicted molar refractivity (Wildman–Crippen MR) is 89.5 cm³/mol. The summed E-state index contributed by atoms with van der Waals surface area (Å²) in [6.45, 7) is 2.55. The number of hydrogen-bond donors (Lipinski definition) is 1. The molecule has 0 unspecified atom stereocenters. The van der Waals surface area contributed by atoms with Crippen LogP contribution in [0.15, 0.2) is 42.5 Å². The van der Waals surface area contributed by atoms with Crippen molar-refractivity contribution in [3.8, 4) is 17.2 Å². The summed E-state index contributed by atoms with van der Waals surface area (Å²) >= 11 is 0. The lowest BCUT2D eigenvalue weighted by Gasteiger charge is -2.12. The summed E-state index contributed by atoms with van der Waals surface area (Å²) in [4.78, 5) is 12.2. The Bertz CT molecular complexity index is 653. The molecule has 5 nitrogen and oxygen atoms in total. The predicted octanol–water partition coefficient (Wildman–Crippen LogP) is 3.28. The monoisotopic (exact) mass is 315 g/mol. The number of ether oxygens (including phenoxy) is 3. The van der Waals surface area contributed by atoms with Gasteiger partial charge in [-0.3, -0.25) is 4.79 Å². The van der Waals surface area contributed by atoms with Gasteiger partial charge < -0.3 is 19.5 Å². The highest BCUT2D eigenvalue weighted by atomic mass is 16.5. The van der Waals surface area contributed by atoms with E-state index < -0.39 is 0 Å². The number of amides is 1. The van der Waals surface area contributed by atoms with Crippen LogP contribution >= 0.6 is 0 Å². The van der Waals surface area contributed by atoms with E-state index in [0.29, 0.717) is 23.8 Å². The van der Waals surface area contributed by atoms with Gasteiger partial charge >= 0.3 is 0 Å². The average molecular weight is 315 g/mol. The highest BCUT2D eigenvalue weighted by Gasteiger charge is 2.10. The van der Waals surface area contributed by atoms with E-state index >= 15 is 0 Å². The Kier molecular flexibility index (Phi) is 5.86. The Labute approximate surface area is 136 Å². The summed E-state index contributed by atoms with van der Waals surface area (Å²) in [5, 5.41) is 2.85. The van der Waals surface area contributed by atoms with Crippen LogP contribution < -0.4 is 19.5 Å². The molecule has 23 heavy (non-hydrogen) atoms. The molecule has 2 rings (SSSR count). The normalized spacial score (nSPS) is 10.0. The van der Waals surface area contributed by atoms with Crippen LogP contribution in [0.1, 0.15) is 12.5 Å². The van der Waals surface area contributed by atoms with Crippen LogP contribution in [-0.2, 0) is 11.2 Å². The number of nitrogens with one attached hydrogen (secondary N) is 1. The van der Waals surface area contributed by atoms with E-state index in [1.807, 2.05) is 31.2 Å². The minimum Gasteiger partial charge on any atom is -0.497 e.